The zero-order valence-electron chi connectivity index (χ0n) is 11.1. The third kappa shape index (κ3) is 3.35. The van der Waals surface area contributed by atoms with Crippen LogP contribution in [0.4, 0.5) is 0 Å². The van der Waals surface area contributed by atoms with Crippen molar-refractivity contribution in [3.63, 3.8) is 0 Å². The molecule has 0 radical (unpaired) electrons. The number of carboxylic acid groups (broad SMARTS) is 1. The van der Waals surface area contributed by atoms with E-state index in [1.807, 2.05) is 20.8 Å². The lowest BCUT2D eigenvalue weighted by Gasteiger charge is -2.26. The highest BCUT2D eigenvalue weighted by atomic mass is 16.4. The first-order valence-corrected chi connectivity index (χ1v) is 6.15. The molecule has 18 heavy (non-hydrogen) atoms. The van der Waals surface area contributed by atoms with Gasteiger partial charge in [-0.25, -0.2) is 4.79 Å². The van der Waals surface area contributed by atoms with Gasteiger partial charge in [0.25, 0.3) is 0 Å². The molecule has 0 aromatic carbocycles. The fourth-order valence-electron chi connectivity index (χ4n) is 1.89. The van der Waals surface area contributed by atoms with E-state index in [1.165, 1.54) is 10.6 Å². The third-order valence-electron chi connectivity index (χ3n) is 2.76. The fraction of sp³-hybridized carbons (Fsp3) is 0.538. The molecule has 0 saturated heterocycles. The van der Waals surface area contributed by atoms with Gasteiger partial charge in [0, 0.05) is 18.8 Å². The van der Waals surface area contributed by atoms with E-state index in [-0.39, 0.29) is 24.2 Å². The maximum absolute atomic E-state index is 12.1. The Bertz CT molecular complexity index is 424. The predicted octanol–water partition coefficient (Wildman–Crippen LogP) is 1.83. The number of hydrogen-bond acceptors (Lipinski definition) is 2. The number of aromatic nitrogens is 1. The van der Waals surface area contributed by atoms with Crippen LogP contribution >= 0.6 is 0 Å². The van der Waals surface area contributed by atoms with E-state index in [4.69, 9.17) is 5.11 Å². The first kappa shape index (κ1) is 14.3. The van der Waals surface area contributed by atoms with Crippen LogP contribution in [0.1, 0.15) is 37.7 Å². The summed E-state index contributed by atoms with van der Waals surface area (Å²) in [6.45, 7) is 6.70. The quantitative estimate of drug-likeness (QED) is 0.840. The second-order valence-corrected chi connectivity index (χ2v) is 4.51. The van der Waals surface area contributed by atoms with Crippen molar-refractivity contribution in [2.45, 2.75) is 39.8 Å². The summed E-state index contributed by atoms with van der Waals surface area (Å²) in [6.07, 6.45) is 2.51. The maximum Gasteiger partial charge on any atom is 0.352 e. The molecule has 100 valence electrons. The van der Waals surface area contributed by atoms with Gasteiger partial charge in [0.05, 0.1) is 0 Å². The zero-order chi connectivity index (χ0) is 13.7. The molecule has 1 aromatic rings. The number of hydrogen-bond donors (Lipinski definition) is 1. The van der Waals surface area contributed by atoms with E-state index in [1.54, 1.807) is 17.2 Å². The highest BCUT2D eigenvalue weighted by molar-refractivity contribution is 5.87. The Kier molecular flexibility index (Phi) is 4.95. The standard InChI is InChI=1S/C13H20N2O3/c1-4-7-15(10(2)3)12(16)9-14-8-5-6-11(14)13(17)18/h5-6,8,10H,4,7,9H2,1-3H3,(H,17,18). The van der Waals surface area contributed by atoms with Crippen molar-refractivity contribution in [3.8, 4) is 0 Å². The molecule has 0 aliphatic carbocycles. The van der Waals surface area contributed by atoms with Crippen LogP contribution in [-0.4, -0.2) is 39.0 Å². The number of carbonyl (C=O) groups is 2. The molecule has 1 heterocycles. The van der Waals surface area contributed by atoms with Gasteiger partial charge in [-0.1, -0.05) is 6.92 Å². The summed E-state index contributed by atoms with van der Waals surface area (Å²) >= 11 is 0. The summed E-state index contributed by atoms with van der Waals surface area (Å²) in [5.74, 6) is -1.06. The minimum atomic E-state index is -1.01. The Balaban J connectivity index is 2.79. The minimum absolute atomic E-state index is 0.0504. The number of amides is 1. The van der Waals surface area contributed by atoms with Gasteiger partial charge >= 0.3 is 5.97 Å². The van der Waals surface area contributed by atoms with Crippen LogP contribution in [0.15, 0.2) is 18.3 Å². The molecular formula is C13H20N2O3. The average Bonchev–Trinajstić information content (AvgIpc) is 2.73. The molecule has 0 aliphatic rings. The second kappa shape index (κ2) is 6.23. The van der Waals surface area contributed by atoms with Crippen LogP contribution in [0, 0.1) is 0 Å². The van der Waals surface area contributed by atoms with E-state index >= 15 is 0 Å². The molecule has 1 rings (SSSR count). The van der Waals surface area contributed by atoms with Gasteiger partial charge in [0.15, 0.2) is 0 Å². The van der Waals surface area contributed by atoms with E-state index in [9.17, 15) is 9.59 Å². The first-order chi connectivity index (χ1) is 8.47. The smallest absolute Gasteiger partial charge is 0.352 e. The van der Waals surface area contributed by atoms with Gasteiger partial charge in [0.1, 0.15) is 12.2 Å². The highest BCUT2D eigenvalue weighted by Gasteiger charge is 2.18. The highest BCUT2D eigenvalue weighted by Crippen LogP contribution is 2.06. The van der Waals surface area contributed by atoms with Gasteiger partial charge in [-0.3, -0.25) is 4.79 Å². The van der Waals surface area contributed by atoms with Crippen LogP contribution in [0.3, 0.4) is 0 Å². The summed E-state index contributed by atoms with van der Waals surface area (Å²) in [7, 11) is 0. The second-order valence-electron chi connectivity index (χ2n) is 4.51. The molecule has 5 heteroatoms. The van der Waals surface area contributed by atoms with E-state index in [0.29, 0.717) is 6.54 Å². The SMILES string of the molecule is CCCN(C(=O)Cn1cccc1C(=O)O)C(C)C. The van der Waals surface area contributed by atoms with Crippen LogP contribution in [0.2, 0.25) is 0 Å². The lowest BCUT2D eigenvalue weighted by molar-refractivity contribution is -0.133. The third-order valence-corrected chi connectivity index (χ3v) is 2.76. The molecule has 0 atom stereocenters. The molecular weight excluding hydrogens is 232 g/mol. The number of rotatable bonds is 6. The van der Waals surface area contributed by atoms with Gasteiger partial charge in [-0.05, 0) is 32.4 Å². The maximum atomic E-state index is 12.1. The summed E-state index contributed by atoms with van der Waals surface area (Å²) in [4.78, 5) is 24.8. The lowest BCUT2D eigenvalue weighted by atomic mass is 10.3. The summed E-state index contributed by atoms with van der Waals surface area (Å²) < 4.78 is 1.47. The molecule has 5 nitrogen and oxygen atoms in total. The largest absolute Gasteiger partial charge is 0.477 e. The fourth-order valence-corrected chi connectivity index (χ4v) is 1.89. The van der Waals surface area contributed by atoms with Crippen molar-refractivity contribution in [1.29, 1.82) is 0 Å². The van der Waals surface area contributed by atoms with Crippen LogP contribution in [-0.2, 0) is 11.3 Å². The lowest BCUT2D eigenvalue weighted by Crippen LogP contribution is -2.39. The summed E-state index contributed by atoms with van der Waals surface area (Å²) in [6, 6.07) is 3.26. The molecule has 1 aromatic heterocycles. The molecule has 1 N–H and O–H groups in total. The van der Waals surface area contributed by atoms with Crippen molar-refractivity contribution < 1.29 is 14.7 Å². The van der Waals surface area contributed by atoms with E-state index in [0.717, 1.165) is 6.42 Å². The Morgan fingerprint density at radius 3 is 2.61 bits per heavy atom. The van der Waals surface area contributed by atoms with E-state index in [2.05, 4.69) is 0 Å². The minimum Gasteiger partial charge on any atom is -0.477 e. The summed E-state index contributed by atoms with van der Waals surface area (Å²) in [5.41, 5.74) is 0.142. The Labute approximate surface area is 107 Å². The topological polar surface area (TPSA) is 62.5 Å². The molecule has 1 amide bonds. The van der Waals surface area contributed by atoms with Crippen molar-refractivity contribution in [3.05, 3.63) is 24.0 Å². The number of nitrogens with zero attached hydrogens (tertiary/aromatic N) is 2. The van der Waals surface area contributed by atoms with Crippen LogP contribution in [0.5, 0.6) is 0 Å². The van der Waals surface area contributed by atoms with Gasteiger partial charge in [-0.15, -0.1) is 0 Å². The number of aromatic carboxylic acids is 1. The number of carboxylic acids is 1. The Morgan fingerprint density at radius 2 is 2.11 bits per heavy atom. The Hall–Kier alpha value is -1.78. The molecule has 0 fully saturated rings. The van der Waals surface area contributed by atoms with Gasteiger partial charge in [-0.2, -0.15) is 0 Å². The van der Waals surface area contributed by atoms with Crippen molar-refractivity contribution in [2.24, 2.45) is 0 Å². The van der Waals surface area contributed by atoms with Crippen molar-refractivity contribution in [1.82, 2.24) is 9.47 Å². The predicted molar refractivity (Wildman–Crippen MR) is 68.5 cm³/mol. The van der Waals surface area contributed by atoms with Crippen LogP contribution < -0.4 is 0 Å². The number of carbonyl (C=O) groups excluding carboxylic acids is 1. The van der Waals surface area contributed by atoms with E-state index < -0.39 is 5.97 Å². The van der Waals surface area contributed by atoms with Gasteiger partial charge in [0.2, 0.25) is 5.91 Å². The zero-order valence-corrected chi connectivity index (χ0v) is 11.1. The Morgan fingerprint density at radius 1 is 1.44 bits per heavy atom. The molecule has 0 spiro atoms. The first-order valence-electron chi connectivity index (χ1n) is 6.15. The molecule has 0 aliphatic heterocycles. The van der Waals surface area contributed by atoms with Crippen molar-refractivity contribution >= 4 is 11.9 Å². The molecule has 0 bridgehead atoms. The van der Waals surface area contributed by atoms with Crippen LogP contribution in [0.25, 0.3) is 0 Å². The molecule has 0 saturated carbocycles. The normalized spacial score (nSPS) is 10.7. The summed E-state index contributed by atoms with van der Waals surface area (Å²) in [5, 5.41) is 8.97. The molecule has 0 unspecified atom stereocenters. The average molecular weight is 252 g/mol. The van der Waals surface area contributed by atoms with Gasteiger partial charge < -0.3 is 14.6 Å². The monoisotopic (exact) mass is 252 g/mol. The van der Waals surface area contributed by atoms with Crippen molar-refractivity contribution in [2.75, 3.05) is 6.54 Å².